The molecule has 180 valence electrons. The van der Waals surface area contributed by atoms with Crippen LogP contribution in [0.25, 0.3) is 0 Å². The highest BCUT2D eigenvalue weighted by Crippen LogP contribution is 2.20. The van der Waals surface area contributed by atoms with Gasteiger partial charge in [0.15, 0.2) is 0 Å². The first kappa shape index (κ1) is 26.3. The smallest absolute Gasteiger partial charge is 0.244 e. The van der Waals surface area contributed by atoms with E-state index in [4.69, 9.17) is 0 Å². The molecule has 2 amide bonds. The zero-order valence-corrected chi connectivity index (χ0v) is 20.7. The third-order valence-corrected chi connectivity index (χ3v) is 6.18. The highest BCUT2D eigenvalue weighted by molar-refractivity contribution is 7.92. The van der Waals surface area contributed by atoms with Crippen molar-refractivity contribution in [3.05, 3.63) is 65.5 Å². The molecule has 0 aliphatic heterocycles. The molecule has 2 aromatic rings. The van der Waals surface area contributed by atoms with Gasteiger partial charge in [-0.15, -0.1) is 0 Å². The van der Waals surface area contributed by atoms with Crippen LogP contribution in [0.2, 0.25) is 0 Å². The van der Waals surface area contributed by atoms with E-state index < -0.39 is 39.9 Å². The number of rotatable bonds is 8. The van der Waals surface area contributed by atoms with Gasteiger partial charge in [0, 0.05) is 12.1 Å². The highest BCUT2D eigenvalue weighted by atomic mass is 32.2. The summed E-state index contributed by atoms with van der Waals surface area (Å²) in [5.41, 5.74) is 1.29. The van der Waals surface area contributed by atoms with Crippen molar-refractivity contribution in [3.63, 3.8) is 0 Å². The fourth-order valence-corrected chi connectivity index (χ4v) is 4.11. The standard InChI is InChI=1S/C24H32FN3O4S/c1-17-10-7-8-11-19(17)15-27(18(2)23(30)26-24(3,4)5)22(29)16-28(33(6,31)32)21-13-9-12-20(25)14-21/h7-14,18H,15-16H2,1-6H3,(H,26,30)/t18-/m1/s1. The first-order chi connectivity index (χ1) is 15.2. The monoisotopic (exact) mass is 477 g/mol. The van der Waals surface area contributed by atoms with E-state index in [9.17, 15) is 22.4 Å². The largest absolute Gasteiger partial charge is 0.350 e. The number of nitrogens with zero attached hydrogens (tertiary/aromatic N) is 2. The van der Waals surface area contributed by atoms with Crippen molar-refractivity contribution >= 4 is 27.5 Å². The molecule has 0 aliphatic carbocycles. The second-order valence-corrected chi connectivity index (χ2v) is 11.0. The molecule has 0 aliphatic rings. The van der Waals surface area contributed by atoms with Crippen LogP contribution in [0.5, 0.6) is 0 Å². The molecule has 1 atom stereocenters. The van der Waals surface area contributed by atoms with Gasteiger partial charge in [0.25, 0.3) is 0 Å². The lowest BCUT2D eigenvalue weighted by atomic mass is 10.1. The van der Waals surface area contributed by atoms with Crippen LogP contribution in [0, 0.1) is 12.7 Å². The Bertz CT molecular complexity index is 1110. The predicted molar refractivity (Wildman–Crippen MR) is 128 cm³/mol. The molecular formula is C24H32FN3O4S. The van der Waals surface area contributed by atoms with Gasteiger partial charge in [0.2, 0.25) is 21.8 Å². The van der Waals surface area contributed by atoms with Crippen LogP contribution in [0.3, 0.4) is 0 Å². The first-order valence-electron chi connectivity index (χ1n) is 10.6. The number of hydrogen-bond donors (Lipinski definition) is 1. The number of anilines is 1. The van der Waals surface area contributed by atoms with Gasteiger partial charge in [-0.3, -0.25) is 13.9 Å². The van der Waals surface area contributed by atoms with Crippen LogP contribution in [-0.2, 0) is 26.2 Å². The molecule has 0 radical (unpaired) electrons. The molecule has 0 saturated heterocycles. The van der Waals surface area contributed by atoms with Gasteiger partial charge in [0.05, 0.1) is 11.9 Å². The molecule has 0 unspecified atom stereocenters. The van der Waals surface area contributed by atoms with Crippen molar-refractivity contribution in [2.24, 2.45) is 0 Å². The molecule has 33 heavy (non-hydrogen) atoms. The topological polar surface area (TPSA) is 86.8 Å². The molecule has 0 saturated carbocycles. The van der Waals surface area contributed by atoms with E-state index in [-0.39, 0.29) is 18.1 Å². The van der Waals surface area contributed by atoms with Crippen molar-refractivity contribution < 1.29 is 22.4 Å². The third kappa shape index (κ3) is 7.56. The van der Waals surface area contributed by atoms with Crippen molar-refractivity contribution in [3.8, 4) is 0 Å². The predicted octanol–water partition coefficient (Wildman–Crippen LogP) is 3.23. The van der Waals surface area contributed by atoms with E-state index in [0.717, 1.165) is 27.8 Å². The number of carbonyl (C=O) groups is 2. The van der Waals surface area contributed by atoms with Gasteiger partial charge < -0.3 is 10.2 Å². The van der Waals surface area contributed by atoms with Crippen molar-refractivity contribution in [1.82, 2.24) is 10.2 Å². The Morgan fingerprint density at radius 3 is 2.27 bits per heavy atom. The summed E-state index contributed by atoms with van der Waals surface area (Å²) in [7, 11) is -3.90. The van der Waals surface area contributed by atoms with Crippen LogP contribution >= 0.6 is 0 Å². The van der Waals surface area contributed by atoms with Crippen LogP contribution < -0.4 is 9.62 Å². The van der Waals surface area contributed by atoms with Gasteiger partial charge in [-0.1, -0.05) is 30.3 Å². The Morgan fingerprint density at radius 2 is 1.73 bits per heavy atom. The van der Waals surface area contributed by atoms with Gasteiger partial charge in [-0.05, 0) is 63.9 Å². The van der Waals surface area contributed by atoms with Gasteiger partial charge >= 0.3 is 0 Å². The molecule has 2 rings (SSSR count). The molecule has 0 aromatic heterocycles. The van der Waals surface area contributed by atoms with E-state index in [2.05, 4.69) is 5.32 Å². The molecule has 7 nitrogen and oxygen atoms in total. The molecule has 0 spiro atoms. The van der Waals surface area contributed by atoms with Crippen LogP contribution in [0.1, 0.15) is 38.8 Å². The number of halogens is 1. The summed E-state index contributed by atoms with van der Waals surface area (Å²) in [5, 5.41) is 2.86. The maximum Gasteiger partial charge on any atom is 0.244 e. The van der Waals surface area contributed by atoms with Gasteiger partial charge in [-0.2, -0.15) is 0 Å². The summed E-state index contributed by atoms with van der Waals surface area (Å²) < 4.78 is 39.5. The van der Waals surface area contributed by atoms with E-state index in [1.54, 1.807) is 6.92 Å². The summed E-state index contributed by atoms with van der Waals surface area (Å²) in [6.07, 6.45) is 0.951. The number of amides is 2. The number of hydrogen-bond acceptors (Lipinski definition) is 4. The summed E-state index contributed by atoms with van der Waals surface area (Å²) >= 11 is 0. The van der Waals surface area contributed by atoms with E-state index in [1.165, 1.54) is 23.1 Å². The van der Waals surface area contributed by atoms with Crippen LogP contribution in [-0.4, -0.2) is 49.5 Å². The summed E-state index contributed by atoms with van der Waals surface area (Å²) in [6.45, 7) is 8.55. The zero-order valence-electron chi connectivity index (χ0n) is 19.9. The fraction of sp³-hybridized carbons (Fsp3) is 0.417. The molecule has 2 aromatic carbocycles. The normalized spacial score (nSPS) is 12.7. The first-order valence-corrected chi connectivity index (χ1v) is 12.4. The van der Waals surface area contributed by atoms with E-state index in [1.807, 2.05) is 52.0 Å². The fourth-order valence-electron chi connectivity index (χ4n) is 3.27. The van der Waals surface area contributed by atoms with Crippen molar-refractivity contribution in [2.45, 2.75) is 52.7 Å². The second kappa shape index (κ2) is 10.3. The third-order valence-electron chi connectivity index (χ3n) is 5.04. The summed E-state index contributed by atoms with van der Waals surface area (Å²) in [4.78, 5) is 27.7. The zero-order chi connectivity index (χ0) is 25.0. The van der Waals surface area contributed by atoms with Crippen molar-refractivity contribution in [1.29, 1.82) is 0 Å². The minimum Gasteiger partial charge on any atom is -0.350 e. The average molecular weight is 478 g/mol. The Hall–Kier alpha value is -2.94. The summed E-state index contributed by atoms with van der Waals surface area (Å²) in [5.74, 6) is -1.56. The lowest BCUT2D eigenvalue weighted by Gasteiger charge is -2.33. The quantitative estimate of drug-likeness (QED) is 0.633. The number of carbonyl (C=O) groups excluding carboxylic acids is 2. The number of sulfonamides is 1. The summed E-state index contributed by atoms with van der Waals surface area (Å²) in [6, 6.07) is 11.6. The molecular weight excluding hydrogens is 445 g/mol. The highest BCUT2D eigenvalue weighted by Gasteiger charge is 2.31. The van der Waals surface area contributed by atoms with E-state index >= 15 is 0 Å². The average Bonchev–Trinajstić information content (AvgIpc) is 2.68. The maximum atomic E-state index is 13.8. The Morgan fingerprint density at radius 1 is 1.09 bits per heavy atom. The number of nitrogens with one attached hydrogen (secondary N) is 1. The maximum absolute atomic E-state index is 13.8. The van der Waals surface area contributed by atoms with E-state index in [0.29, 0.717) is 0 Å². The molecule has 0 fully saturated rings. The molecule has 1 N–H and O–H groups in total. The number of aryl methyl sites for hydroxylation is 1. The lowest BCUT2D eigenvalue weighted by Crippen LogP contribution is -2.54. The molecule has 0 heterocycles. The Labute approximate surface area is 195 Å². The number of benzene rings is 2. The minimum atomic E-state index is -3.90. The van der Waals surface area contributed by atoms with Crippen molar-refractivity contribution in [2.75, 3.05) is 17.1 Å². The Balaban J connectivity index is 2.42. The minimum absolute atomic E-state index is 0.0356. The Kier molecular flexibility index (Phi) is 8.24. The van der Waals surface area contributed by atoms with Crippen LogP contribution in [0.4, 0.5) is 10.1 Å². The SMILES string of the molecule is Cc1ccccc1CN(C(=O)CN(c1cccc(F)c1)S(C)(=O)=O)[C@H](C)C(=O)NC(C)(C)C. The second-order valence-electron chi connectivity index (χ2n) is 9.11. The van der Waals surface area contributed by atoms with Gasteiger partial charge in [0.1, 0.15) is 18.4 Å². The van der Waals surface area contributed by atoms with Gasteiger partial charge in [-0.25, -0.2) is 12.8 Å². The molecule has 9 heteroatoms. The van der Waals surface area contributed by atoms with Crippen LogP contribution in [0.15, 0.2) is 48.5 Å². The molecule has 0 bridgehead atoms. The lowest BCUT2D eigenvalue weighted by molar-refractivity contribution is -0.140.